The molecule has 1 atom stereocenters. The minimum Gasteiger partial charge on any atom is -0.491 e. The third-order valence-electron chi connectivity index (χ3n) is 2.61. The van der Waals surface area contributed by atoms with Gasteiger partial charge in [-0.25, -0.2) is 0 Å². The van der Waals surface area contributed by atoms with E-state index in [1.165, 1.54) is 12.1 Å². The van der Waals surface area contributed by atoms with Gasteiger partial charge in [-0.1, -0.05) is 19.9 Å². The van der Waals surface area contributed by atoms with Crippen LogP contribution in [0.2, 0.25) is 0 Å². The summed E-state index contributed by atoms with van der Waals surface area (Å²) in [6.45, 7) is 2.60. The van der Waals surface area contributed by atoms with Crippen molar-refractivity contribution in [1.82, 2.24) is 0 Å². The van der Waals surface area contributed by atoms with Gasteiger partial charge in [0.05, 0.1) is 12.2 Å². The fraction of sp³-hybridized carbons (Fsp3) is 0.538. The van der Waals surface area contributed by atoms with Crippen LogP contribution in [-0.2, 0) is 6.18 Å². The fourth-order valence-corrected chi connectivity index (χ4v) is 1.62. The molecule has 2 N–H and O–H groups in total. The molecular formula is C13H17F3O3. The highest BCUT2D eigenvalue weighted by Gasteiger charge is 2.34. The summed E-state index contributed by atoms with van der Waals surface area (Å²) in [6.07, 6.45) is -5.56. The van der Waals surface area contributed by atoms with Gasteiger partial charge in [0.25, 0.3) is 0 Å². The first-order valence-electron chi connectivity index (χ1n) is 5.88. The van der Waals surface area contributed by atoms with E-state index < -0.39 is 24.5 Å². The Hall–Kier alpha value is -1.27. The third-order valence-corrected chi connectivity index (χ3v) is 2.61. The van der Waals surface area contributed by atoms with Gasteiger partial charge in [0.15, 0.2) is 0 Å². The number of aliphatic hydroxyl groups excluding tert-OH is 2. The molecule has 3 nitrogen and oxygen atoms in total. The lowest BCUT2D eigenvalue weighted by atomic mass is 9.96. The highest BCUT2D eigenvalue weighted by Crippen LogP contribution is 2.37. The summed E-state index contributed by atoms with van der Waals surface area (Å²) in [5.41, 5.74) is -0.541. The normalized spacial score (nSPS) is 13.7. The maximum atomic E-state index is 12.9. The second kappa shape index (κ2) is 6.25. The van der Waals surface area contributed by atoms with E-state index in [2.05, 4.69) is 0 Å². The van der Waals surface area contributed by atoms with Gasteiger partial charge in [-0.3, -0.25) is 0 Å². The molecule has 0 aliphatic rings. The summed E-state index contributed by atoms with van der Waals surface area (Å²) in [4.78, 5) is 0. The Balaban J connectivity index is 2.99. The van der Waals surface area contributed by atoms with E-state index in [1.54, 1.807) is 13.8 Å². The van der Waals surface area contributed by atoms with Gasteiger partial charge in [0.2, 0.25) is 0 Å². The average Bonchev–Trinajstić information content (AvgIpc) is 2.34. The number of hydrogen-bond acceptors (Lipinski definition) is 3. The van der Waals surface area contributed by atoms with Crippen LogP contribution >= 0.6 is 0 Å². The quantitative estimate of drug-likeness (QED) is 0.870. The van der Waals surface area contributed by atoms with Crippen molar-refractivity contribution in [2.24, 2.45) is 0 Å². The highest BCUT2D eigenvalue weighted by atomic mass is 19.4. The van der Waals surface area contributed by atoms with Gasteiger partial charge in [0.1, 0.15) is 18.5 Å². The second-order valence-corrected chi connectivity index (χ2v) is 4.55. The zero-order valence-electron chi connectivity index (χ0n) is 10.7. The Morgan fingerprint density at radius 3 is 2.37 bits per heavy atom. The minimum absolute atomic E-state index is 0.0178. The van der Waals surface area contributed by atoms with Crippen LogP contribution in [-0.4, -0.2) is 29.5 Å². The number of benzene rings is 1. The van der Waals surface area contributed by atoms with E-state index in [-0.39, 0.29) is 23.8 Å². The molecule has 1 unspecified atom stereocenters. The van der Waals surface area contributed by atoms with Crippen LogP contribution in [0.25, 0.3) is 0 Å². The first kappa shape index (κ1) is 15.8. The highest BCUT2D eigenvalue weighted by molar-refractivity contribution is 5.39. The molecule has 0 saturated heterocycles. The van der Waals surface area contributed by atoms with Crippen LogP contribution in [0.15, 0.2) is 18.2 Å². The molecule has 1 aromatic rings. The maximum Gasteiger partial charge on any atom is 0.416 e. The van der Waals surface area contributed by atoms with Crippen LogP contribution in [0, 0.1) is 0 Å². The summed E-state index contributed by atoms with van der Waals surface area (Å²) in [6, 6.07) is 3.71. The molecule has 1 aromatic carbocycles. The van der Waals surface area contributed by atoms with Crippen molar-refractivity contribution in [3.8, 4) is 5.75 Å². The smallest absolute Gasteiger partial charge is 0.416 e. The van der Waals surface area contributed by atoms with Crippen molar-refractivity contribution in [3.05, 3.63) is 29.3 Å². The lowest BCUT2D eigenvalue weighted by Gasteiger charge is -2.17. The van der Waals surface area contributed by atoms with Crippen molar-refractivity contribution < 1.29 is 28.1 Å². The summed E-state index contributed by atoms with van der Waals surface area (Å²) in [5, 5.41) is 17.7. The predicted octanol–water partition coefficient (Wildman–Crippen LogP) is 2.56. The average molecular weight is 278 g/mol. The molecule has 0 spiro atoms. The first-order chi connectivity index (χ1) is 8.75. The lowest BCUT2D eigenvalue weighted by Crippen LogP contribution is -2.21. The SMILES string of the molecule is CC(C)c1ccc(OCC(O)CO)cc1C(F)(F)F. The Morgan fingerprint density at radius 1 is 1.26 bits per heavy atom. The van der Waals surface area contributed by atoms with Crippen molar-refractivity contribution in [1.29, 1.82) is 0 Å². The van der Waals surface area contributed by atoms with Gasteiger partial charge in [0, 0.05) is 0 Å². The standard InChI is InChI=1S/C13H17F3O3/c1-8(2)11-4-3-10(19-7-9(18)6-17)5-12(11)13(14,15)16/h3-5,8-9,17-18H,6-7H2,1-2H3. The Bertz CT molecular complexity index is 416. The van der Waals surface area contributed by atoms with Crippen LogP contribution in [0.5, 0.6) is 5.75 Å². The van der Waals surface area contributed by atoms with Gasteiger partial charge in [-0.15, -0.1) is 0 Å². The second-order valence-electron chi connectivity index (χ2n) is 4.55. The molecule has 0 aromatic heterocycles. The molecule has 19 heavy (non-hydrogen) atoms. The Kier molecular flexibility index (Phi) is 5.20. The molecule has 0 aliphatic carbocycles. The number of rotatable bonds is 5. The van der Waals surface area contributed by atoms with Crippen molar-refractivity contribution in [3.63, 3.8) is 0 Å². The third kappa shape index (κ3) is 4.40. The van der Waals surface area contributed by atoms with E-state index >= 15 is 0 Å². The van der Waals surface area contributed by atoms with Gasteiger partial charge >= 0.3 is 6.18 Å². The molecular weight excluding hydrogens is 261 g/mol. The number of hydrogen-bond donors (Lipinski definition) is 2. The van der Waals surface area contributed by atoms with Gasteiger partial charge in [-0.05, 0) is 23.6 Å². The molecule has 0 heterocycles. The molecule has 108 valence electrons. The van der Waals surface area contributed by atoms with Crippen LogP contribution in [0.1, 0.15) is 30.9 Å². The van der Waals surface area contributed by atoms with Gasteiger partial charge < -0.3 is 14.9 Å². The van der Waals surface area contributed by atoms with Crippen LogP contribution < -0.4 is 4.74 Å². The molecule has 0 fully saturated rings. The molecule has 1 rings (SSSR count). The minimum atomic E-state index is -4.45. The number of ether oxygens (including phenoxy) is 1. The molecule has 6 heteroatoms. The van der Waals surface area contributed by atoms with Crippen molar-refractivity contribution in [2.75, 3.05) is 13.2 Å². The Labute approximate surface area is 109 Å². The predicted molar refractivity (Wildman–Crippen MR) is 64.1 cm³/mol. The lowest BCUT2D eigenvalue weighted by molar-refractivity contribution is -0.138. The molecule has 0 aliphatic heterocycles. The number of aliphatic hydroxyl groups is 2. The van der Waals surface area contributed by atoms with Crippen LogP contribution in [0.3, 0.4) is 0 Å². The molecule has 0 radical (unpaired) electrons. The summed E-state index contributed by atoms with van der Waals surface area (Å²) >= 11 is 0. The number of alkyl halides is 3. The largest absolute Gasteiger partial charge is 0.491 e. The zero-order chi connectivity index (χ0) is 14.6. The first-order valence-corrected chi connectivity index (χ1v) is 5.88. The monoisotopic (exact) mass is 278 g/mol. The summed E-state index contributed by atoms with van der Waals surface area (Å²) in [5.74, 6) is -0.238. The summed E-state index contributed by atoms with van der Waals surface area (Å²) in [7, 11) is 0. The van der Waals surface area contributed by atoms with E-state index in [4.69, 9.17) is 14.9 Å². The van der Waals surface area contributed by atoms with E-state index in [9.17, 15) is 13.2 Å². The molecule has 0 bridgehead atoms. The van der Waals surface area contributed by atoms with Crippen LogP contribution in [0.4, 0.5) is 13.2 Å². The van der Waals surface area contributed by atoms with E-state index in [0.717, 1.165) is 6.07 Å². The van der Waals surface area contributed by atoms with Crippen molar-refractivity contribution in [2.45, 2.75) is 32.0 Å². The Morgan fingerprint density at radius 2 is 1.89 bits per heavy atom. The topological polar surface area (TPSA) is 49.7 Å². The fourth-order valence-electron chi connectivity index (χ4n) is 1.62. The van der Waals surface area contributed by atoms with Gasteiger partial charge in [-0.2, -0.15) is 13.2 Å². The van der Waals surface area contributed by atoms with E-state index in [1.807, 2.05) is 0 Å². The molecule has 0 amide bonds. The zero-order valence-corrected chi connectivity index (χ0v) is 10.7. The summed E-state index contributed by atoms with van der Waals surface area (Å²) < 4.78 is 43.7. The number of halogens is 3. The maximum absolute atomic E-state index is 12.9. The molecule has 0 saturated carbocycles. The van der Waals surface area contributed by atoms with E-state index in [0.29, 0.717) is 0 Å². The van der Waals surface area contributed by atoms with Crippen molar-refractivity contribution >= 4 is 0 Å².